The largest absolute Gasteiger partial charge is 0.389 e. The fourth-order valence-corrected chi connectivity index (χ4v) is 1.56. The molecular weight excluding hydrogens is 236 g/mol. The van der Waals surface area contributed by atoms with Crippen molar-refractivity contribution in [2.24, 2.45) is 11.5 Å². The summed E-state index contributed by atoms with van der Waals surface area (Å²) >= 11 is 4.83. The van der Waals surface area contributed by atoms with Crippen LogP contribution in [-0.4, -0.2) is 21.4 Å². The summed E-state index contributed by atoms with van der Waals surface area (Å²) in [5.41, 5.74) is 10.9. The molecule has 0 fully saturated rings. The first-order valence-electron chi connectivity index (χ1n) is 5.12. The number of amides is 1. The highest BCUT2D eigenvalue weighted by Gasteiger charge is 2.20. The molecule has 0 aliphatic carbocycles. The van der Waals surface area contributed by atoms with E-state index >= 15 is 0 Å². The maximum Gasteiger partial charge on any atom is 0.219 e. The fraction of sp³-hybridized carbons (Fsp3) is 0.364. The average Bonchev–Trinajstić information content (AvgIpc) is 2.15. The van der Waals surface area contributed by atoms with Crippen molar-refractivity contribution in [3.05, 3.63) is 23.9 Å². The van der Waals surface area contributed by atoms with Gasteiger partial charge in [-0.1, -0.05) is 12.2 Å². The van der Waals surface area contributed by atoms with Gasteiger partial charge in [0.05, 0.1) is 0 Å². The molecule has 0 radical (unpaired) electrons. The lowest BCUT2D eigenvalue weighted by molar-refractivity contribution is -0.118. The number of anilines is 1. The van der Waals surface area contributed by atoms with Gasteiger partial charge in [0.2, 0.25) is 5.91 Å². The molecule has 0 bridgehead atoms. The Labute approximate surface area is 106 Å². The van der Waals surface area contributed by atoms with Crippen LogP contribution in [0.4, 0.5) is 5.82 Å². The Morgan fingerprint density at radius 1 is 1.47 bits per heavy atom. The number of primary amides is 1. The van der Waals surface area contributed by atoms with Crippen LogP contribution in [0.5, 0.6) is 0 Å². The molecule has 0 aliphatic rings. The zero-order chi connectivity index (χ0) is 13.1. The minimum absolute atomic E-state index is 0.228. The number of hydrogen-bond donors (Lipinski definition) is 3. The topological polar surface area (TPSA) is 94.0 Å². The van der Waals surface area contributed by atoms with E-state index in [2.05, 4.69) is 10.3 Å². The van der Waals surface area contributed by atoms with Crippen molar-refractivity contribution in [3.8, 4) is 0 Å². The molecule has 0 aromatic carbocycles. The second kappa shape index (κ2) is 5.09. The van der Waals surface area contributed by atoms with Crippen molar-refractivity contribution in [1.82, 2.24) is 4.98 Å². The van der Waals surface area contributed by atoms with Crippen LogP contribution in [0.1, 0.15) is 25.8 Å². The Bertz CT molecular complexity index is 428. The molecule has 1 rings (SSSR count). The van der Waals surface area contributed by atoms with Crippen molar-refractivity contribution in [2.75, 3.05) is 5.32 Å². The molecule has 92 valence electrons. The van der Waals surface area contributed by atoms with Crippen LogP contribution in [0, 0.1) is 0 Å². The molecule has 0 saturated heterocycles. The molecule has 0 spiro atoms. The molecule has 6 heteroatoms. The minimum Gasteiger partial charge on any atom is -0.389 e. The second-order valence-electron chi connectivity index (χ2n) is 4.45. The van der Waals surface area contributed by atoms with Gasteiger partial charge in [0.1, 0.15) is 10.8 Å². The molecule has 0 atom stereocenters. The monoisotopic (exact) mass is 252 g/mol. The number of thiocarbonyl (C=S) groups is 1. The van der Waals surface area contributed by atoms with E-state index in [1.807, 2.05) is 13.8 Å². The van der Waals surface area contributed by atoms with Crippen LogP contribution < -0.4 is 16.8 Å². The van der Waals surface area contributed by atoms with E-state index in [1.54, 1.807) is 18.3 Å². The van der Waals surface area contributed by atoms with Crippen LogP contribution in [0.3, 0.4) is 0 Å². The Hall–Kier alpha value is -1.69. The lowest BCUT2D eigenvalue weighted by Gasteiger charge is -2.25. The zero-order valence-electron chi connectivity index (χ0n) is 9.86. The summed E-state index contributed by atoms with van der Waals surface area (Å²) in [6.45, 7) is 3.75. The van der Waals surface area contributed by atoms with Gasteiger partial charge in [-0.25, -0.2) is 4.98 Å². The van der Waals surface area contributed by atoms with Gasteiger partial charge in [-0.3, -0.25) is 4.79 Å². The predicted molar refractivity (Wildman–Crippen MR) is 71.6 cm³/mol. The molecule has 5 N–H and O–H groups in total. The summed E-state index contributed by atoms with van der Waals surface area (Å²) in [5, 5.41) is 3.12. The quantitative estimate of drug-likeness (QED) is 0.673. The van der Waals surface area contributed by atoms with E-state index < -0.39 is 5.54 Å². The third kappa shape index (κ3) is 4.36. The SMILES string of the molecule is CC(C)(CC(N)=O)Nc1ccc(C(N)=S)cn1. The third-order valence-corrected chi connectivity index (χ3v) is 2.37. The molecule has 0 aliphatic heterocycles. The van der Waals surface area contributed by atoms with Crippen molar-refractivity contribution in [3.63, 3.8) is 0 Å². The molecule has 0 unspecified atom stereocenters. The van der Waals surface area contributed by atoms with Crippen molar-refractivity contribution in [2.45, 2.75) is 25.8 Å². The van der Waals surface area contributed by atoms with Crippen LogP contribution >= 0.6 is 12.2 Å². The Kier molecular flexibility index (Phi) is 4.01. The Morgan fingerprint density at radius 2 is 2.12 bits per heavy atom. The average molecular weight is 252 g/mol. The highest BCUT2D eigenvalue weighted by molar-refractivity contribution is 7.80. The number of pyridine rings is 1. The first-order valence-corrected chi connectivity index (χ1v) is 5.53. The highest BCUT2D eigenvalue weighted by Crippen LogP contribution is 2.16. The number of nitrogens with one attached hydrogen (secondary N) is 1. The predicted octanol–water partition coefficient (Wildman–Crippen LogP) is 0.782. The maximum atomic E-state index is 10.9. The van der Waals surface area contributed by atoms with Gasteiger partial charge in [-0.2, -0.15) is 0 Å². The van der Waals surface area contributed by atoms with E-state index in [1.165, 1.54) is 0 Å². The van der Waals surface area contributed by atoms with E-state index in [-0.39, 0.29) is 12.3 Å². The summed E-state index contributed by atoms with van der Waals surface area (Å²) in [6.07, 6.45) is 1.82. The molecule has 1 aromatic heterocycles. The van der Waals surface area contributed by atoms with Gasteiger partial charge in [-0.15, -0.1) is 0 Å². The van der Waals surface area contributed by atoms with E-state index in [4.69, 9.17) is 23.7 Å². The molecule has 17 heavy (non-hydrogen) atoms. The second-order valence-corrected chi connectivity index (χ2v) is 4.89. The maximum absolute atomic E-state index is 10.9. The Balaban J connectivity index is 2.75. The van der Waals surface area contributed by atoms with Gasteiger partial charge < -0.3 is 16.8 Å². The number of aromatic nitrogens is 1. The number of nitrogens with zero attached hydrogens (tertiary/aromatic N) is 1. The van der Waals surface area contributed by atoms with E-state index in [0.717, 1.165) is 0 Å². The minimum atomic E-state index is -0.441. The number of carbonyl (C=O) groups excluding carboxylic acids is 1. The zero-order valence-corrected chi connectivity index (χ0v) is 10.7. The van der Waals surface area contributed by atoms with Gasteiger partial charge in [0.25, 0.3) is 0 Å². The summed E-state index contributed by atoms with van der Waals surface area (Å²) in [7, 11) is 0. The van der Waals surface area contributed by atoms with Crippen LogP contribution in [-0.2, 0) is 4.79 Å². The smallest absolute Gasteiger partial charge is 0.219 e. The first-order chi connectivity index (χ1) is 7.80. The normalized spacial score (nSPS) is 10.9. The van der Waals surface area contributed by atoms with Crippen molar-refractivity contribution >= 4 is 28.9 Å². The third-order valence-electron chi connectivity index (χ3n) is 2.13. The summed E-state index contributed by atoms with van der Waals surface area (Å²) < 4.78 is 0. The number of nitrogens with two attached hydrogens (primary N) is 2. The molecule has 0 saturated carbocycles. The number of rotatable bonds is 5. The number of hydrogen-bond acceptors (Lipinski definition) is 4. The lowest BCUT2D eigenvalue weighted by atomic mass is 10.0. The van der Waals surface area contributed by atoms with Crippen LogP contribution in [0.25, 0.3) is 0 Å². The van der Waals surface area contributed by atoms with Crippen LogP contribution in [0.15, 0.2) is 18.3 Å². The molecule has 1 amide bonds. The summed E-state index contributed by atoms with van der Waals surface area (Å²) in [4.78, 5) is 15.3. The molecule has 5 nitrogen and oxygen atoms in total. The van der Waals surface area contributed by atoms with E-state index in [0.29, 0.717) is 16.4 Å². The van der Waals surface area contributed by atoms with Crippen LogP contribution in [0.2, 0.25) is 0 Å². The molecule has 1 heterocycles. The van der Waals surface area contributed by atoms with Crippen molar-refractivity contribution in [1.29, 1.82) is 0 Å². The summed E-state index contributed by atoms with van der Waals surface area (Å²) in [5.74, 6) is 0.290. The fourth-order valence-electron chi connectivity index (χ4n) is 1.44. The molecule has 1 aromatic rings. The number of carbonyl (C=O) groups is 1. The molecular formula is C11H16N4OS. The van der Waals surface area contributed by atoms with Gasteiger partial charge in [0.15, 0.2) is 0 Å². The standard InChI is InChI=1S/C11H16N4OS/c1-11(2,5-8(12)16)15-9-4-3-7(6-14-9)10(13)17/h3-4,6H,5H2,1-2H3,(H2,12,16)(H2,13,17)(H,14,15). The lowest BCUT2D eigenvalue weighted by Crippen LogP contribution is -2.36. The Morgan fingerprint density at radius 3 is 2.53 bits per heavy atom. The highest BCUT2D eigenvalue weighted by atomic mass is 32.1. The van der Waals surface area contributed by atoms with E-state index in [9.17, 15) is 4.79 Å². The first kappa shape index (κ1) is 13.4. The summed E-state index contributed by atoms with van der Waals surface area (Å²) in [6, 6.07) is 3.54. The van der Waals surface area contributed by atoms with Gasteiger partial charge >= 0.3 is 0 Å². The van der Waals surface area contributed by atoms with Crippen molar-refractivity contribution < 1.29 is 4.79 Å². The van der Waals surface area contributed by atoms with Gasteiger partial charge in [0, 0.05) is 23.7 Å². The van der Waals surface area contributed by atoms with Gasteiger partial charge in [-0.05, 0) is 26.0 Å².